The summed E-state index contributed by atoms with van der Waals surface area (Å²) in [5, 5.41) is 0.0731. The number of fused-ring (bicyclic) bond motifs is 1. The number of benzene rings is 1. The first-order chi connectivity index (χ1) is 8.18. The third-order valence-corrected chi connectivity index (χ3v) is 4.06. The minimum Gasteiger partial charge on any atom is -0.454 e. The molecule has 0 radical (unpaired) electrons. The molecule has 92 valence electrons. The van der Waals surface area contributed by atoms with Crippen molar-refractivity contribution < 1.29 is 13.9 Å². The SMILES string of the molecule is NCC1(c2c(F)c(Cl)cc3c2OCO3)CCC1. The van der Waals surface area contributed by atoms with E-state index in [-0.39, 0.29) is 17.2 Å². The summed E-state index contributed by atoms with van der Waals surface area (Å²) in [6.07, 6.45) is 2.80. The van der Waals surface area contributed by atoms with Crippen LogP contribution in [-0.2, 0) is 5.41 Å². The molecular formula is C12H13ClFNO2. The Morgan fingerprint density at radius 1 is 1.41 bits per heavy atom. The molecule has 0 saturated heterocycles. The van der Waals surface area contributed by atoms with E-state index in [0.717, 1.165) is 19.3 Å². The fourth-order valence-corrected chi connectivity index (χ4v) is 2.82. The molecule has 1 aliphatic heterocycles. The molecule has 0 amide bonds. The van der Waals surface area contributed by atoms with E-state index in [1.165, 1.54) is 6.07 Å². The van der Waals surface area contributed by atoms with Crippen LogP contribution in [0, 0.1) is 5.82 Å². The van der Waals surface area contributed by atoms with Crippen molar-refractivity contribution in [3.63, 3.8) is 0 Å². The van der Waals surface area contributed by atoms with Crippen molar-refractivity contribution >= 4 is 11.6 Å². The van der Waals surface area contributed by atoms with Gasteiger partial charge in [0, 0.05) is 23.6 Å². The summed E-state index contributed by atoms with van der Waals surface area (Å²) in [6.45, 7) is 0.517. The Bertz CT molecular complexity index is 469. The van der Waals surface area contributed by atoms with Crippen molar-refractivity contribution in [2.45, 2.75) is 24.7 Å². The standard InChI is InChI=1S/C12H13ClFNO2/c13-7-4-8-11(17-6-16-8)9(10(7)14)12(5-15)2-1-3-12/h4H,1-3,5-6,15H2. The quantitative estimate of drug-likeness (QED) is 0.886. The van der Waals surface area contributed by atoms with Gasteiger partial charge in [-0.2, -0.15) is 0 Å². The second kappa shape index (κ2) is 3.75. The summed E-state index contributed by atoms with van der Waals surface area (Å²) >= 11 is 5.89. The van der Waals surface area contributed by atoms with Crippen LogP contribution in [0.15, 0.2) is 6.07 Å². The van der Waals surface area contributed by atoms with Crippen molar-refractivity contribution in [2.24, 2.45) is 5.73 Å². The van der Waals surface area contributed by atoms with E-state index in [9.17, 15) is 4.39 Å². The van der Waals surface area contributed by atoms with Gasteiger partial charge in [-0.15, -0.1) is 0 Å². The van der Waals surface area contributed by atoms with Crippen LogP contribution in [0.3, 0.4) is 0 Å². The summed E-state index contributed by atoms with van der Waals surface area (Å²) < 4.78 is 24.9. The van der Waals surface area contributed by atoms with E-state index in [4.69, 9.17) is 26.8 Å². The molecular weight excluding hydrogens is 245 g/mol. The maximum atomic E-state index is 14.2. The summed E-state index contributed by atoms with van der Waals surface area (Å²) in [7, 11) is 0. The molecule has 0 atom stereocenters. The predicted molar refractivity (Wildman–Crippen MR) is 62.1 cm³/mol. The summed E-state index contributed by atoms with van der Waals surface area (Å²) in [4.78, 5) is 0. The maximum absolute atomic E-state index is 14.2. The van der Waals surface area contributed by atoms with Gasteiger partial charge in [0.1, 0.15) is 5.82 Å². The van der Waals surface area contributed by atoms with Gasteiger partial charge in [0.25, 0.3) is 0 Å². The largest absolute Gasteiger partial charge is 0.454 e. The van der Waals surface area contributed by atoms with E-state index < -0.39 is 5.82 Å². The van der Waals surface area contributed by atoms with Crippen LogP contribution in [0.1, 0.15) is 24.8 Å². The minimum atomic E-state index is -0.416. The Balaban J connectivity index is 2.21. The van der Waals surface area contributed by atoms with Gasteiger partial charge in [-0.05, 0) is 12.8 Å². The second-order valence-corrected chi connectivity index (χ2v) is 5.03. The van der Waals surface area contributed by atoms with Crippen LogP contribution in [0.5, 0.6) is 11.5 Å². The molecule has 2 N–H and O–H groups in total. The molecule has 1 aromatic carbocycles. The molecule has 0 spiro atoms. The van der Waals surface area contributed by atoms with Gasteiger partial charge in [0.15, 0.2) is 11.5 Å². The Morgan fingerprint density at radius 3 is 2.76 bits per heavy atom. The van der Waals surface area contributed by atoms with Gasteiger partial charge in [-0.25, -0.2) is 4.39 Å². The third-order valence-electron chi connectivity index (χ3n) is 3.79. The van der Waals surface area contributed by atoms with Crippen LogP contribution in [-0.4, -0.2) is 13.3 Å². The number of hydrogen-bond acceptors (Lipinski definition) is 3. The molecule has 3 nitrogen and oxygen atoms in total. The van der Waals surface area contributed by atoms with Gasteiger partial charge in [0.05, 0.1) is 5.02 Å². The number of ether oxygens (including phenoxy) is 2. The molecule has 0 aromatic heterocycles. The van der Waals surface area contributed by atoms with Crippen molar-refractivity contribution in [2.75, 3.05) is 13.3 Å². The second-order valence-electron chi connectivity index (χ2n) is 4.62. The highest BCUT2D eigenvalue weighted by atomic mass is 35.5. The lowest BCUT2D eigenvalue weighted by molar-refractivity contribution is 0.167. The molecule has 0 bridgehead atoms. The molecule has 1 heterocycles. The van der Waals surface area contributed by atoms with Crippen molar-refractivity contribution in [3.8, 4) is 11.5 Å². The topological polar surface area (TPSA) is 44.5 Å². The van der Waals surface area contributed by atoms with E-state index in [1.807, 2.05) is 0 Å². The highest BCUT2D eigenvalue weighted by Crippen LogP contribution is 2.52. The predicted octanol–water partition coefficient (Wildman–Crippen LogP) is 2.59. The molecule has 0 unspecified atom stereocenters. The average Bonchev–Trinajstić information content (AvgIpc) is 2.69. The smallest absolute Gasteiger partial charge is 0.231 e. The van der Waals surface area contributed by atoms with Gasteiger partial charge < -0.3 is 15.2 Å². The first-order valence-corrected chi connectivity index (χ1v) is 6.04. The minimum absolute atomic E-state index is 0.0731. The zero-order valence-corrected chi connectivity index (χ0v) is 10.0. The molecule has 1 aromatic rings. The molecule has 1 saturated carbocycles. The summed E-state index contributed by atoms with van der Waals surface area (Å²) in [5.41, 5.74) is 5.99. The van der Waals surface area contributed by atoms with Crippen LogP contribution in [0.25, 0.3) is 0 Å². The Labute approximate surface area is 104 Å². The molecule has 5 heteroatoms. The fourth-order valence-electron chi connectivity index (χ4n) is 2.62. The fraction of sp³-hybridized carbons (Fsp3) is 0.500. The lowest BCUT2D eigenvalue weighted by Crippen LogP contribution is -2.42. The molecule has 2 aliphatic rings. The zero-order valence-electron chi connectivity index (χ0n) is 9.26. The first-order valence-electron chi connectivity index (χ1n) is 5.66. The van der Waals surface area contributed by atoms with Crippen LogP contribution in [0.2, 0.25) is 5.02 Å². The highest BCUT2D eigenvalue weighted by molar-refractivity contribution is 6.31. The van der Waals surface area contributed by atoms with Gasteiger partial charge >= 0.3 is 0 Å². The Morgan fingerprint density at radius 2 is 2.18 bits per heavy atom. The van der Waals surface area contributed by atoms with Gasteiger partial charge in [0.2, 0.25) is 6.79 Å². The number of nitrogens with two attached hydrogens (primary N) is 1. The van der Waals surface area contributed by atoms with Crippen molar-refractivity contribution in [1.82, 2.24) is 0 Å². The molecule has 17 heavy (non-hydrogen) atoms. The van der Waals surface area contributed by atoms with Crippen molar-refractivity contribution in [1.29, 1.82) is 0 Å². The lowest BCUT2D eigenvalue weighted by Gasteiger charge is -2.42. The Kier molecular flexibility index (Phi) is 2.45. The van der Waals surface area contributed by atoms with E-state index in [0.29, 0.717) is 23.6 Å². The molecule has 1 aliphatic carbocycles. The third kappa shape index (κ3) is 1.44. The van der Waals surface area contributed by atoms with Crippen LogP contribution < -0.4 is 15.2 Å². The Hall–Kier alpha value is -1.00. The average molecular weight is 258 g/mol. The van der Waals surface area contributed by atoms with E-state index >= 15 is 0 Å². The van der Waals surface area contributed by atoms with Crippen molar-refractivity contribution in [3.05, 3.63) is 22.5 Å². The van der Waals surface area contributed by atoms with E-state index in [2.05, 4.69) is 0 Å². The summed E-state index contributed by atoms with van der Waals surface area (Å²) in [6, 6.07) is 1.46. The highest BCUT2D eigenvalue weighted by Gasteiger charge is 2.44. The zero-order chi connectivity index (χ0) is 12.0. The van der Waals surface area contributed by atoms with Crippen LogP contribution in [0.4, 0.5) is 4.39 Å². The number of halogens is 2. The first kappa shape index (κ1) is 11.1. The number of hydrogen-bond donors (Lipinski definition) is 1. The molecule has 1 fully saturated rings. The monoisotopic (exact) mass is 257 g/mol. The normalized spacial score (nSPS) is 20.2. The summed E-state index contributed by atoms with van der Waals surface area (Å²) in [5.74, 6) is 0.587. The van der Waals surface area contributed by atoms with Gasteiger partial charge in [-0.1, -0.05) is 18.0 Å². The lowest BCUT2D eigenvalue weighted by atomic mass is 9.64. The maximum Gasteiger partial charge on any atom is 0.231 e. The molecule has 3 rings (SSSR count). The van der Waals surface area contributed by atoms with Crippen LogP contribution >= 0.6 is 11.6 Å². The van der Waals surface area contributed by atoms with E-state index in [1.54, 1.807) is 0 Å². The number of rotatable bonds is 2. The van der Waals surface area contributed by atoms with Gasteiger partial charge in [-0.3, -0.25) is 0 Å².